The third kappa shape index (κ3) is 7.09. The third-order valence-corrected chi connectivity index (χ3v) is 4.71. The van der Waals surface area contributed by atoms with E-state index >= 15 is 0 Å². The van der Waals surface area contributed by atoms with Crippen molar-refractivity contribution in [3.63, 3.8) is 0 Å². The fraction of sp³-hybridized carbons (Fsp3) is 0.938. The molecule has 0 aliphatic carbocycles. The number of ether oxygens (including phenoxy) is 1. The summed E-state index contributed by atoms with van der Waals surface area (Å²) in [5, 5.41) is 3.25. The largest absolute Gasteiger partial charge is 0.403 e. The standard InChI is InChI=1S/C16H29F3N4O.HI/c1-3-20-15(21-7-6-14-5-4-12-24-14)23-10-8-22(9-11-23)13(2)16(17,18)19;/h13-14H,3-12H2,1-2H3,(H,20,21);1H. The third-order valence-electron chi connectivity index (χ3n) is 4.71. The highest BCUT2D eigenvalue weighted by Crippen LogP contribution is 2.25. The van der Waals surface area contributed by atoms with Crippen LogP contribution in [0.25, 0.3) is 0 Å². The topological polar surface area (TPSA) is 40.1 Å². The van der Waals surface area contributed by atoms with E-state index in [2.05, 4.69) is 15.2 Å². The molecular formula is C16H30F3IN4O. The van der Waals surface area contributed by atoms with Crippen molar-refractivity contribution in [1.29, 1.82) is 0 Å². The maximum Gasteiger partial charge on any atom is 0.403 e. The summed E-state index contributed by atoms with van der Waals surface area (Å²) in [5.41, 5.74) is 0. The van der Waals surface area contributed by atoms with E-state index in [0.717, 1.165) is 38.4 Å². The zero-order chi connectivity index (χ0) is 17.6. The predicted octanol–water partition coefficient (Wildman–Crippen LogP) is 2.71. The first-order chi connectivity index (χ1) is 11.4. The van der Waals surface area contributed by atoms with Crippen molar-refractivity contribution < 1.29 is 17.9 Å². The Kier molecular flexibility index (Phi) is 9.79. The minimum atomic E-state index is -4.16. The van der Waals surface area contributed by atoms with Gasteiger partial charge < -0.3 is 15.0 Å². The zero-order valence-electron chi connectivity index (χ0n) is 15.0. The minimum Gasteiger partial charge on any atom is -0.378 e. The number of alkyl halides is 3. The fourth-order valence-electron chi connectivity index (χ4n) is 3.14. The van der Waals surface area contributed by atoms with Crippen LogP contribution in [0.1, 0.15) is 33.1 Å². The molecule has 25 heavy (non-hydrogen) atoms. The molecular weight excluding hydrogens is 448 g/mol. The van der Waals surface area contributed by atoms with Crippen LogP contribution in [0.2, 0.25) is 0 Å². The summed E-state index contributed by atoms with van der Waals surface area (Å²) < 4.78 is 44.1. The number of guanidine groups is 1. The number of piperazine rings is 1. The van der Waals surface area contributed by atoms with Crippen LogP contribution in [0.4, 0.5) is 13.2 Å². The fourth-order valence-corrected chi connectivity index (χ4v) is 3.14. The summed E-state index contributed by atoms with van der Waals surface area (Å²) in [6, 6.07) is -1.39. The molecule has 2 heterocycles. The molecule has 5 nitrogen and oxygen atoms in total. The Morgan fingerprint density at radius 2 is 1.96 bits per heavy atom. The average Bonchev–Trinajstić information content (AvgIpc) is 3.06. The number of aliphatic imine (C=N–C) groups is 1. The summed E-state index contributed by atoms with van der Waals surface area (Å²) in [6.07, 6.45) is -0.739. The zero-order valence-corrected chi connectivity index (χ0v) is 17.3. The molecule has 0 aromatic carbocycles. The Morgan fingerprint density at radius 1 is 1.28 bits per heavy atom. The Hall–Kier alpha value is -0.290. The number of rotatable bonds is 5. The molecule has 2 aliphatic heterocycles. The lowest BCUT2D eigenvalue weighted by atomic mass is 10.2. The summed E-state index contributed by atoms with van der Waals surface area (Å²) >= 11 is 0. The van der Waals surface area contributed by atoms with Gasteiger partial charge in [0.05, 0.1) is 6.10 Å². The SMILES string of the molecule is CCNC(=NCCC1CCCO1)N1CCN(C(C)C(F)(F)F)CC1.I. The van der Waals surface area contributed by atoms with E-state index in [0.29, 0.717) is 38.8 Å². The number of hydrogen-bond donors (Lipinski definition) is 1. The van der Waals surface area contributed by atoms with Crippen molar-refractivity contribution in [2.45, 2.75) is 51.4 Å². The second-order valence-corrected chi connectivity index (χ2v) is 6.40. The minimum absolute atomic E-state index is 0. The molecule has 2 atom stereocenters. The highest BCUT2D eigenvalue weighted by molar-refractivity contribution is 14.0. The van der Waals surface area contributed by atoms with E-state index in [9.17, 15) is 13.2 Å². The van der Waals surface area contributed by atoms with Crippen LogP contribution in [0.15, 0.2) is 4.99 Å². The monoisotopic (exact) mass is 478 g/mol. The van der Waals surface area contributed by atoms with Crippen LogP contribution >= 0.6 is 24.0 Å². The Bertz CT molecular complexity index is 409. The lowest BCUT2D eigenvalue weighted by Crippen LogP contribution is -2.56. The van der Waals surface area contributed by atoms with Gasteiger partial charge in [0.2, 0.25) is 0 Å². The van der Waals surface area contributed by atoms with E-state index in [1.807, 2.05) is 6.92 Å². The molecule has 2 saturated heterocycles. The highest BCUT2D eigenvalue weighted by atomic mass is 127. The van der Waals surface area contributed by atoms with Gasteiger partial charge in [-0.25, -0.2) is 0 Å². The van der Waals surface area contributed by atoms with Crippen LogP contribution in [0.5, 0.6) is 0 Å². The van der Waals surface area contributed by atoms with E-state index < -0.39 is 12.2 Å². The second kappa shape index (κ2) is 10.8. The van der Waals surface area contributed by atoms with Gasteiger partial charge in [0.1, 0.15) is 6.04 Å². The van der Waals surface area contributed by atoms with Gasteiger partial charge in [-0.1, -0.05) is 0 Å². The molecule has 2 rings (SSSR count). The average molecular weight is 478 g/mol. The molecule has 0 amide bonds. The van der Waals surface area contributed by atoms with Crippen molar-refractivity contribution in [3.05, 3.63) is 0 Å². The van der Waals surface area contributed by atoms with Crippen molar-refractivity contribution in [2.75, 3.05) is 45.9 Å². The Labute approximate surface area is 165 Å². The van der Waals surface area contributed by atoms with Crippen molar-refractivity contribution in [2.24, 2.45) is 4.99 Å². The van der Waals surface area contributed by atoms with Crippen molar-refractivity contribution in [3.8, 4) is 0 Å². The number of nitrogens with zero attached hydrogens (tertiary/aromatic N) is 3. The number of hydrogen-bond acceptors (Lipinski definition) is 3. The number of nitrogens with one attached hydrogen (secondary N) is 1. The van der Waals surface area contributed by atoms with Crippen LogP contribution in [0.3, 0.4) is 0 Å². The molecule has 0 aromatic rings. The molecule has 1 N–H and O–H groups in total. The number of halogens is 4. The van der Waals surface area contributed by atoms with Gasteiger partial charge in [-0.2, -0.15) is 13.2 Å². The Balaban J connectivity index is 0.00000312. The first-order valence-corrected chi connectivity index (χ1v) is 8.87. The van der Waals surface area contributed by atoms with E-state index in [4.69, 9.17) is 4.74 Å². The molecule has 148 valence electrons. The van der Waals surface area contributed by atoms with Crippen LogP contribution in [-0.4, -0.2) is 80.0 Å². The van der Waals surface area contributed by atoms with Gasteiger partial charge in [-0.3, -0.25) is 9.89 Å². The molecule has 0 spiro atoms. The molecule has 2 fully saturated rings. The van der Waals surface area contributed by atoms with Gasteiger partial charge in [-0.15, -0.1) is 24.0 Å². The van der Waals surface area contributed by atoms with Crippen LogP contribution in [0, 0.1) is 0 Å². The maximum absolute atomic E-state index is 12.8. The lowest BCUT2D eigenvalue weighted by Gasteiger charge is -2.39. The normalized spacial score (nSPS) is 24.1. The van der Waals surface area contributed by atoms with Crippen molar-refractivity contribution >= 4 is 29.9 Å². The molecule has 9 heteroatoms. The van der Waals surface area contributed by atoms with Crippen molar-refractivity contribution in [1.82, 2.24) is 15.1 Å². The van der Waals surface area contributed by atoms with E-state index in [-0.39, 0.29) is 24.0 Å². The smallest absolute Gasteiger partial charge is 0.378 e. The summed E-state index contributed by atoms with van der Waals surface area (Å²) in [4.78, 5) is 8.18. The highest BCUT2D eigenvalue weighted by Gasteiger charge is 2.41. The van der Waals surface area contributed by atoms with Crippen LogP contribution < -0.4 is 5.32 Å². The quantitative estimate of drug-likeness (QED) is 0.375. The van der Waals surface area contributed by atoms with E-state index in [1.165, 1.54) is 11.8 Å². The maximum atomic E-state index is 12.8. The Morgan fingerprint density at radius 3 is 2.48 bits per heavy atom. The summed E-state index contributed by atoms with van der Waals surface area (Å²) in [7, 11) is 0. The predicted molar refractivity (Wildman–Crippen MR) is 104 cm³/mol. The molecule has 2 unspecified atom stereocenters. The first-order valence-electron chi connectivity index (χ1n) is 8.87. The molecule has 0 bridgehead atoms. The van der Waals surface area contributed by atoms with Gasteiger partial charge in [0.15, 0.2) is 5.96 Å². The molecule has 0 aromatic heterocycles. The first kappa shape index (κ1) is 22.8. The van der Waals surface area contributed by atoms with Gasteiger partial charge >= 0.3 is 6.18 Å². The summed E-state index contributed by atoms with van der Waals surface area (Å²) in [5.74, 6) is 0.801. The summed E-state index contributed by atoms with van der Waals surface area (Å²) in [6.45, 7) is 7.43. The molecule has 0 radical (unpaired) electrons. The van der Waals surface area contributed by atoms with Gasteiger partial charge in [-0.05, 0) is 33.1 Å². The second-order valence-electron chi connectivity index (χ2n) is 6.40. The molecule has 2 aliphatic rings. The molecule has 0 saturated carbocycles. The van der Waals surface area contributed by atoms with Gasteiger partial charge in [0, 0.05) is 45.9 Å². The van der Waals surface area contributed by atoms with Crippen LogP contribution in [-0.2, 0) is 4.74 Å². The van der Waals surface area contributed by atoms with E-state index in [1.54, 1.807) is 0 Å². The van der Waals surface area contributed by atoms with Gasteiger partial charge in [0.25, 0.3) is 0 Å². The lowest BCUT2D eigenvalue weighted by molar-refractivity contribution is -0.181.